The monoisotopic (exact) mass is 317 g/mol. The summed E-state index contributed by atoms with van der Waals surface area (Å²) in [6.45, 7) is 0.915. The van der Waals surface area contributed by atoms with E-state index in [1.54, 1.807) is 19.2 Å². The molecular weight excluding hydrogens is 297 g/mol. The predicted octanol–water partition coefficient (Wildman–Crippen LogP) is 3.77. The van der Waals surface area contributed by atoms with Crippen molar-refractivity contribution in [1.29, 1.82) is 0 Å². The second kappa shape index (κ2) is 8.90. The van der Waals surface area contributed by atoms with Crippen LogP contribution in [0.2, 0.25) is 0 Å². The number of hydrogen-bond donors (Lipinski definition) is 1. The summed E-state index contributed by atoms with van der Waals surface area (Å²) in [5.74, 6) is 0.230. The molecule has 122 valence electrons. The van der Waals surface area contributed by atoms with Gasteiger partial charge in [0.1, 0.15) is 11.6 Å². The Balaban J connectivity index is 1.70. The van der Waals surface area contributed by atoms with Crippen molar-refractivity contribution >= 4 is 11.6 Å². The highest BCUT2D eigenvalue weighted by atomic mass is 19.1. The van der Waals surface area contributed by atoms with Crippen molar-refractivity contribution in [2.45, 2.75) is 19.4 Å². The predicted molar refractivity (Wildman–Crippen MR) is 86.9 cm³/mol. The number of carbonyl (C=O) groups is 1. The summed E-state index contributed by atoms with van der Waals surface area (Å²) in [6.07, 6.45) is 0.941. The standard InChI is InChI=1S/C18H20FNO3/c1-22-13-14-4-2-5-16(12-14)20-18(21)6-3-11-23-17-9-7-15(19)8-10-17/h2,4-5,7-10,12H,3,6,11,13H2,1H3,(H,20,21). The number of halogens is 1. The Morgan fingerprint density at radius 2 is 1.96 bits per heavy atom. The summed E-state index contributed by atoms with van der Waals surface area (Å²) in [4.78, 5) is 11.9. The number of rotatable bonds is 8. The van der Waals surface area contributed by atoms with Gasteiger partial charge in [0.2, 0.25) is 5.91 Å². The van der Waals surface area contributed by atoms with Gasteiger partial charge in [0.15, 0.2) is 0 Å². The summed E-state index contributed by atoms with van der Waals surface area (Å²) in [6, 6.07) is 13.4. The number of amides is 1. The van der Waals surface area contributed by atoms with Gasteiger partial charge < -0.3 is 14.8 Å². The second-order valence-electron chi connectivity index (χ2n) is 5.09. The Bertz CT molecular complexity index is 628. The lowest BCUT2D eigenvalue weighted by molar-refractivity contribution is -0.116. The highest BCUT2D eigenvalue weighted by Crippen LogP contribution is 2.13. The fourth-order valence-corrected chi connectivity index (χ4v) is 2.08. The zero-order valence-electron chi connectivity index (χ0n) is 13.0. The molecule has 0 spiro atoms. The van der Waals surface area contributed by atoms with Gasteiger partial charge in [-0.2, -0.15) is 0 Å². The second-order valence-corrected chi connectivity index (χ2v) is 5.09. The molecule has 4 nitrogen and oxygen atoms in total. The highest BCUT2D eigenvalue weighted by molar-refractivity contribution is 5.90. The van der Waals surface area contributed by atoms with Crippen LogP contribution in [0, 0.1) is 5.82 Å². The summed E-state index contributed by atoms with van der Waals surface area (Å²) >= 11 is 0. The lowest BCUT2D eigenvalue weighted by atomic mass is 10.2. The fourth-order valence-electron chi connectivity index (χ4n) is 2.08. The smallest absolute Gasteiger partial charge is 0.224 e. The van der Waals surface area contributed by atoms with E-state index in [0.717, 1.165) is 11.3 Å². The van der Waals surface area contributed by atoms with Gasteiger partial charge in [0, 0.05) is 19.2 Å². The van der Waals surface area contributed by atoms with Crippen molar-refractivity contribution < 1.29 is 18.7 Å². The molecular formula is C18H20FNO3. The zero-order chi connectivity index (χ0) is 16.5. The minimum absolute atomic E-state index is 0.0673. The van der Waals surface area contributed by atoms with Crippen LogP contribution in [-0.2, 0) is 16.1 Å². The Hall–Kier alpha value is -2.40. The normalized spacial score (nSPS) is 10.3. The van der Waals surface area contributed by atoms with Crippen LogP contribution in [0.4, 0.5) is 10.1 Å². The summed E-state index contributed by atoms with van der Waals surface area (Å²) in [7, 11) is 1.63. The molecule has 2 aromatic rings. The lowest BCUT2D eigenvalue weighted by Crippen LogP contribution is -2.13. The Morgan fingerprint density at radius 1 is 1.17 bits per heavy atom. The third kappa shape index (κ3) is 6.08. The molecule has 0 radical (unpaired) electrons. The Labute approximate surface area is 135 Å². The lowest BCUT2D eigenvalue weighted by Gasteiger charge is -2.08. The molecule has 0 bridgehead atoms. The van der Waals surface area contributed by atoms with Crippen molar-refractivity contribution in [3.8, 4) is 5.75 Å². The zero-order valence-corrected chi connectivity index (χ0v) is 13.0. The molecule has 0 saturated heterocycles. The largest absolute Gasteiger partial charge is 0.494 e. The molecule has 0 aliphatic rings. The first-order valence-electron chi connectivity index (χ1n) is 7.43. The van der Waals surface area contributed by atoms with Crippen LogP contribution in [0.3, 0.4) is 0 Å². The molecule has 2 rings (SSSR count). The molecule has 0 aliphatic heterocycles. The van der Waals surface area contributed by atoms with Gasteiger partial charge in [0.25, 0.3) is 0 Å². The van der Waals surface area contributed by atoms with E-state index in [-0.39, 0.29) is 11.7 Å². The number of anilines is 1. The molecule has 0 fully saturated rings. The van der Waals surface area contributed by atoms with Crippen LogP contribution in [-0.4, -0.2) is 19.6 Å². The Morgan fingerprint density at radius 3 is 2.70 bits per heavy atom. The molecule has 0 heterocycles. The van der Waals surface area contributed by atoms with Crippen LogP contribution >= 0.6 is 0 Å². The first-order chi connectivity index (χ1) is 11.2. The van der Waals surface area contributed by atoms with E-state index in [1.807, 2.05) is 24.3 Å². The molecule has 0 unspecified atom stereocenters. The van der Waals surface area contributed by atoms with Gasteiger partial charge in [0.05, 0.1) is 13.2 Å². The van der Waals surface area contributed by atoms with E-state index in [1.165, 1.54) is 12.1 Å². The van der Waals surface area contributed by atoms with Gasteiger partial charge in [-0.1, -0.05) is 12.1 Å². The summed E-state index contributed by atoms with van der Waals surface area (Å²) < 4.78 is 23.3. The highest BCUT2D eigenvalue weighted by Gasteiger charge is 2.04. The van der Waals surface area contributed by atoms with Crippen molar-refractivity contribution in [1.82, 2.24) is 0 Å². The van der Waals surface area contributed by atoms with Gasteiger partial charge in [-0.25, -0.2) is 4.39 Å². The number of ether oxygens (including phenoxy) is 2. The van der Waals surface area contributed by atoms with E-state index in [9.17, 15) is 9.18 Å². The van der Waals surface area contributed by atoms with Crippen LogP contribution in [0.25, 0.3) is 0 Å². The van der Waals surface area contributed by atoms with Gasteiger partial charge in [-0.3, -0.25) is 4.79 Å². The molecule has 0 saturated carbocycles. The molecule has 1 amide bonds. The molecule has 0 aliphatic carbocycles. The molecule has 23 heavy (non-hydrogen) atoms. The molecule has 0 aromatic heterocycles. The first kappa shape index (κ1) is 17.0. The maximum Gasteiger partial charge on any atom is 0.224 e. The number of methoxy groups -OCH3 is 1. The third-order valence-corrected chi connectivity index (χ3v) is 3.15. The van der Waals surface area contributed by atoms with E-state index >= 15 is 0 Å². The van der Waals surface area contributed by atoms with Crippen LogP contribution in [0.15, 0.2) is 48.5 Å². The van der Waals surface area contributed by atoms with E-state index < -0.39 is 0 Å². The van der Waals surface area contributed by atoms with E-state index in [4.69, 9.17) is 9.47 Å². The van der Waals surface area contributed by atoms with Crippen molar-refractivity contribution in [2.24, 2.45) is 0 Å². The topological polar surface area (TPSA) is 47.6 Å². The van der Waals surface area contributed by atoms with Crippen LogP contribution in [0.5, 0.6) is 5.75 Å². The van der Waals surface area contributed by atoms with Crippen molar-refractivity contribution in [2.75, 3.05) is 19.0 Å². The number of carbonyl (C=O) groups excluding carboxylic acids is 1. The fraction of sp³-hybridized carbons (Fsp3) is 0.278. The summed E-state index contributed by atoms with van der Waals surface area (Å²) in [5, 5.41) is 2.85. The average Bonchev–Trinajstić information content (AvgIpc) is 2.54. The van der Waals surface area contributed by atoms with Crippen molar-refractivity contribution in [3.05, 3.63) is 59.9 Å². The molecule has 0 atom stereocenters. The molecule has 2 aromatic carbocycles. The minimum atomic E-state index is -0.299. The first-order valence-corrected chi connectivity index (χ1v) is 7.43. The Kier molecular flexibility index (Phi) is 6.56. The van der Waals surface area contributed by atoms with Gasteiger partial charge >= 0.3 is 0 Å². The van der Waals surface area contributed by atoms with Crippen molar-refractivity contribution in [3.63, 3.8) is 0 Å². The number of hydrogen-bond acceptors (Lipinski definition) is 3. The van der Waals surface area contributed by atoms with Gasteiger partial charge in [-0.05, 0) is 48.4 Å². The van der Waals surface area contributed by atoms with Crippen LogP contribution < -0.4 is 10.1 Å². The maximum atomic E-state index is 12.7. The molecule has 1 N–H and O–H groups in total. The maximum absolute atomic E-state index is 12.7. The van der Waals surface area contributed by atoms with Gasteiger partial charge in [-0.15, -0.1) is 0 Å². The van der Waals surface area contributed by atoms with E-state index in [2.05, 4.69) is 5.32 Å². The number of benzene rings is 2. The van der Waals surface area contributed by atoms with E-state index in [0.29, 0.717) is 31.8 Å². The third-order valence-electron chi connectivity index (χ3n) is 3.15. The quantitative estimate of drug-likeness (QED) is 0.754. The van der Waals surface area contributed by atoms with Crippen LogP contribution in [0.1, 0.15) is 18.4 Å². The summed E-state index contributed by atoms with van der Waals surface area (Å²) in [5.41, 5.74) is 1.76. The SMILES string of the molecule is COCc1cccc(NC(=O)CCCOc2ccc(F)cc2)c1. The average molecular weight is 317 g/mol. The minimum Gasteiger partial charge on any atom is -0.494 e. The number of nitrogens with one attached hydrogen (secondary N) is 1. The molecule has 5 heteroatoms.